The lowest BCUT2D eigenvalue weighted by atomic mass is 9.86. The normalized spacial score (nSPS) is 30.5. The zero-order chi connectivity index (χ0) is 15.0. The van der Waals surface area contributed by atoms with Gasteiger partial charge >= 0.3 is 0 Å². The number of benzene rings is 1. The predicted octanol–water partition coefficient (Wildman–Crippen LogP) is 3.90. The molecule has 3 atom stereocenters. The Balaban J connectivity index is 1.76. The number of rotatable bonds is 2. The minimum absolute atomic E-state index is 0.0595. The number of nitrogens with one attached hydrogen (secondary N) is 1. The maximum atomic E-state index is 10.3. The minimum atomic E-state index is -0.352. The van der Waals surface area contributed by atoms with Crippen LogP contribution in [0.5, 0.6) is 0 Å². The van der Waals surface area contributed by atoms with Crippen molar-refractivity contribution in [2.75, 3.05) is 5.32 Å². The van der Waals surface area contributed by atoms with Gasteiger partial charge in [0.1, 0.15) is 0 Å². The van der Waals surface area contributed by atoms with E-state index >= 15 is 0 Å². The highest BCUT2D eigenvalue weighted by molar-refractivity contribution is 5.53. The van der Waals surface area contributed by atoms with E-state index < -0.39 is 0 Å². The molecular formula is C18H24N2O. The molecule has 1 saturated carbocycles. The maximum absolute atomic E-state index is 10.3. The first kappa shape index (κ1) is 14.4. The molecule has 2 aliphatic rings. The second kappa shape index (κ2) is 5.35. The molecule has 2 N–H and O–H groups in total. The molecule has 0 amide bonds. The van der Waals surface area contributed by atoms with Gasteiger partial charge in [0.25, 0.3) is 0 Å². The molecule has 3 nitrogen and oxygen atoms in total. The number of hydrogen-bond acceptors (Lipinski definition) is 3. The van der Waals surface area contributed by atoms with Gasteiger partial charge in [0.05, 0.1) is 12.2 Å². The lowest BCUT2D eigenvalue weighted by Gasteiger charge is -2.27. The van der Waals surface area contributed by atoms with Gasteiger partial charge in [-0.3, -0.25) is 0 Å². The number of nitriles is 1. The van der Waals surface area contributed by atoms with Crippen molar-refractivity contribution in [3.63, 3.8) is 0 Å². The van der Waals surface area contributed by atoms with Crippen LogP contribution in [0.4, 0.5) is 5.69 Å². The van der Waals surface area contributed by atoms with Crippen molar-refractivity contribution in [3.8, 4) is 6.07 Å². The standard InChI is InChI=1S/C18H24N2O/c1-18(2)10-17(21)15-9-14(6-7-16(15)18)20-13-5-3-4-12(8-13)11-19/h6-7,9,12-13,17,20-21H,3-5,8,10H2,1-2H3/t12-,13+,17-/m0/s1. The van der Waals surface area contributed by atoms with Crippen LogP contribution in [0.2, 0.25) is 0 Å². The van der Waals surface area contributed by atoms with E-state index in [1.807, 2.05) is 0 Å². The molecule has 1 aromatic rings. The first-order valence-corrected chi connectivity index (χ1v) is 7.98. The summed E-state index contributed by atoms with van der Waals surface area (Å²) < 4.78 is 0. The van der Waals surface area contributed by atoms with Gasteiger partial charge < -0.3 is 10.4 Å². The van der Waals surface area contributed by atoms with Crippen LogP contribution in [-0.4, -0.2) is 11.1 Å². The van der Waals surface area contributed by atoms with Gasteiger partial charge in [-0.1, -0.05) is 26.3 Å². The van der Waals surface area contributed by atoms with Crippen molar-refractivity contribution in [3.05, 3.63) is 29.3 Å². The van der Waals surface area contributed by atoms with Gasteiger partial charge in [-0.05, 0) is 54.4 Å². The van der Waals surface area contributed by atoms with E-state index in [1.54, 1.807) is 0 Å². The summed E-state index contributed by atoms with van der Waals surface area (Å²) >= 11 is 0. The molecule has 0 radical (unpaired) electrons. The maximum Gasteiger partial charge on any atom is 0.0802 e. The minimum Gasteiger partial charge on any atom is -0.388 e. The molecule has 0 spiro atoms. The predicted molar refractivity (Wildman–Crippen MR) is 84.0 cm³/mol. The molecule has 1 fully saturated rings. The fourth-order valence-electron chi connectivity index (χ4n) is 3.92. The van der Waals surface area contributed by atoms with Crippen LogP contribution in [0.1, 0.15) is 63.2 Å². The van der Waals surface area contributed by atoms with Crippen LogP contribution in [0.25, 0.3) is 0 Å². The Hall–Kier alpha value is -1.53. The van der Waals surface area contributed by atoms with E-state index in [1.165, 1.54) is 5.56 Å². The molecule has 2 aliphatic carbocycles. The molecule has 21 heavy (non-hydrogen) atoms. The van der Waals surface area contributed by atoms with Crippen LogP contribution in [0.15, 0.2) is 18.2 Å². The van der Waals surface area contributed by atoms with Gasteiger partial charge in [0.2, 0.25) is 0 Å². The van der Waals surface area contributed by atoms with Crippen molar-refractivity contribution >= 4 is 5.69 Å². The Kier molecular flexibility index (Phi) is 3.67. The third-order valence-corrected chi connectivity index (χ3v) is 5.07. The second-order valence-corrected chi connectivity index (χ2v) is 7.24. The molecule has 0 heterocycles. The smallest absolute Gasteiger partial charge is 0.0802 e. The van der Waals surface area contributed by atoms with Crippen molar-refractivity contribution in [1.82, 2.24) is 0 Å². The van der Waals surface area contributed by atoms with Crippen LogP contribution in [0.3, 0.4) is 0 Å². The van der Waals surface area contributed by atoms with Crippen LogP contribution in [-0.2, 0) is 5.41 Å². The monoisotopic (exact) mass is 284 g/mol. The summed E-state index contributed by atoms with van der Waals surface area (Å²) in [7, 11) is 0. The summed E-state index contributed by atoms with van der Waals surface area (Å²) in [5.41, 5.74) is 3.47. The zero-order valence-corrected chi connectivity index (χ0v) is 12.9. The summed E-state index contributed by atoms with van der Waals surface area (Å²) in [4.78, 5) is 0. The molecular weight excluding hydrogens is 260 g/mol. The van der Waals surface area contributed by atoms with Gasteiger partial charge in [0, 0.05) is 17.6 Å². The highest BCUT2D eigenvalue weighted by atomic mass is 16.3. The van der Waals surface area contributed by atoms with Crippen molar-refractivity contribution in [1.29, 1.82) is 5.26 Å². The third kappa shape index (κ3) is 2.78. The molecule has 1 aromatic carbocycles. The van der Waals surface area contributed by atoms with Crippen molar-refractivity contribution in [2.45, 2.75) is 63.5 Å². The highest BCUT2D eigenvalue weighted by Gasteiger charge is 2.36. The van der Waals surface area contributed by atoms with Crippen molar-refractivity contribution < 1.29 is 5.11 Å². The van der Waals surface area contributed by atoms with E-state index in [4.69, 9.17) is 5.26 Å². The average molecular weight is 284 g/mol. The van der Waals surface area contributed by atoms with Gasteiger partial charge in [-0.25, -0.2) is 0 Å². The van der Waals surface area contributed by atoms with E-state index in [-0.39, 0.29) is 17.4 Å². The van der Waals surface area contributed by atoms with E-state index in [0.717, 1.165) is 43.4 Å². The lowest BCUT2D eigenvalue weighted by molar-refractivity contribution is 0.161. The Morgan fingerprint density at radius 3 is 2.90 bits per heavy atom. The van der Waals surface area contributed by atoms with Crippen LogP contribution < -0.4 is 5.32 Å². The lowest BCUT2D eigenvalue weighted by Crippen LogP contribution is -2.26. The molecule has 0 bridgehead atoms. The summed E-state index contributed by atoms with van der Waals surface area (Å²) in [6, 6.07) is 9.15. The highest BCUT2D eigenvalue weighted by Crippen LogP contribution is 2.45. The van der Waals surface area contributed by atoms with E-state index in [2.05, 4.69) is 43.4 Å². The summed E-state index contributed by atoms with van der Waals surface area (Å²) in [5.74, 6) is 0.190. The Morgan fingerprint density at radius 1 is 1.33 bits per heavy atom. The number of anilines is 1. The first-order valence-electron chi connectivity index (χ1n) is 7.98. The molecule has 0 saturated heterocycles. The van der Waals surface area contributed by atoms with E-state index in [9.17, 15) is 5.11 Å². The SMILES string of the molecule is CC1(C)C[C@H](O)c2cc(N[C@@H]3CCC[C@H](C#N)C3)ccc21. The summed E-state index contributed by atoms with van der Waals surface area (Å²) in [6.07, 6.45) is 4.66. The summed E-state index contributed by atoms with van der Waals surface area (Å²) in [6.45, 7) is 4.38. The number of fused-ring (bicyclic) bond motifs is 1. The Bertz CT molecular complexity index is 573. The summed E-state index contributed by atoms with van der Waals surface area (Å²) in [5, 5.41) is 22.9. The number of nitrogens with zero attached hydrogens (tertiary/aromatic N) is 1. The van der Waals surface area contributed by atoms with E-state index in [0.29, 0.717) is 6.04 Å². The van der Waals surface area contributed by atoms with Crippen molar-refractivity contribution in [2.24, 2.45) is 5.92 Å². The molecule has 0 unspecified atom stereocenters. The Morgan fingerprint density at radius 2 is 2.14 bits per heavy atom. The number of hydrogen-bond donors (Lipinski definition) is 2. The fourth-order valence-corrected chi connectivity index (χ4v) is 3.92. The number of aliphatic hydroxyl groups excluding tert-OH is 1. The zero-order valence-electron chi connectivity index (χ0n) is 12.9. The number of aliphatic hydroxyl groups is 1. The van der Waals surface area contributed by atoms with Gasteiger partial charge in [-0.2, -0.15) is 5.26 Å². The Labute approximate surface area is 127 Å². The molecule has 0 aromatic heterocycles. The third-order valence-electron chi connectivity index (χ3n) is 5.07. The first-order chi connectivity index (χ1) is 9.99. The van der Waals surface area contributed by atoms with Gasteiger partial charge in [-0.15, -0.1) is 0 Å². The topological polar surface area (TPSA) is 56.0 Å². The molecule has 3 rings (SSSR count). The van der Waals surface area contributed by atoms with Crippen LogP contribution in [0, 0.1) is 17.2 Å². The molecule has 3 heteroatoms. The quantitative estimate of drug-likeness (QED) is 0.866. The average Bonchev–Trinajstić information content (AvgIpc) is 2.69. The largest absolute Gasteiger partial charge is 0.388 e. The van der Waals surface area contributed by atoms with Gasteiger partial charge in [0.15, 0.2) is 0 Å². The second-order valence-electron chi connectivity index (χ2n) is 7.24. The van der Waals surface area contributed by atoms with Crippen LogP contribution >= 0.6 is 0 Å². The molecule has 0 aliphatic heterocycles. The fraction of sp³-hybridized carbons (Fsp3) is 0.611. The molecule has 112 valence electrons.